The number of amides is 1. The Hall–Kier alpha value is -1.66. The van der Waals surface area contributed by atoms with Crippen LogP contribution in [0.1, 0.15) is 354 Å². The monoisotopic (exact) mass is 1000 g/mol. The van der Waals surface area contributed by atoms with Crippen molar-refractivity contribution in [3.05, 3.63) is 24.3 Å². The van der Waals surface area contributed by atoms with Crippen LogP contribution >= 0.6 is 0 Å². The number of rotatable bonds is 60. The lowest BCUT2D eigenvalue weighted by Crippen LogP contribution is -2.45. The third-order valence-corrected chi connectivity index (χ3v) is 15.0. The smallest absolute Gasteiger partial charge is 0.305 e. The second kappa shape index (κ2) is 60.9. The lowest BCUT2D eigenvalue weighted by molar-refractivity contribution is -0.143. The molecule has 0 heterocycles. The minimum absolute atomic E-state index is 0.0154. The first-order valence-electron chi connectivity index (χ1n) is 32.1. The standard InChI is InChI=1S/C65H125NO5/c1-3-5-7-9-11-13-15-16-31-34-38-41-45-49-53-57-63(68)62(61-67)66-64(69)58-54-50-46-42-39-35-32-29-27-25-23-21-19-17-18-20-22-24-26-28-30-33-36-40-44-48-52-56-60-71-65(70)59-55-51-47-43-37-14-12-10-8-6-4-2/h17-18,53,57,62-63,67-68H,3-16,19-52,54-56,58-61H2,1-2H3,(H,66,69)/b18-17-,57-53+. The number of nitrogens with one attached hydrogen (secondary N) is 1. The number of hydrogen-bond acceptors (Lipinski definition) is 5. The third kappa shape index (κ3) is 57.5. The first-order chi connectivity index (χ1) is 35.0. The van der Waals surface area contributed by atoms with Gasteiger partial charge in [-0.15, -0.1) is 0 Å². The van der Waals surface area contributed by atoms with Crippen LogP contribution in [0.25, 0.3) is 0 Å². The highest BCUT2D eigenvalue weighted by atomic mass is 16.5. The maximum Gasteiger partial charge on any atom is 0.305 e. The van der Waals surface area contributed by atoms with Crippen LogP contribution in [-0.4, -0.2) is 47.4 Å². The van der Waals surface area contributed by atoms with Crippen molar-refractivity contribution < 1.29 is 24.5 Å². The highest BCUT2D eigenvalue weighted by Gasteiger charge is 2.18. The highest BCUT2D eigenvalue weighted by Crippen LogP contribution is 2.18. The Morgan fingerprint density at radius 3 is 1.00 bits per heavy atom. The summed E-state index contributed by atoms with van der Waals surface area (Å²) in [4.78, 5) is 24.5. The molecule has 3 N–H and O–H groups in total. The van der Waals surface area contributed by atoms with Crippen molar-refractivity contribution in [2.45, 2.75) is 366 Å². The van der Waals surface area contributed by atoms with Gasteiger partial charge in [0.25, 0.3) is 0 Å². The van der Waals surface area contributed by atoms with E-state index < -0.39 is 12.1 Å². The minimum atomic E-state index is -0.843. The summed E-state index contributed by atoms with van der Waals surface area (Å²) in [5, 5.41) is 23.1. The van der Waals surface area contributed by atoms with E-state index in [1.54, 1.807) is 6.08 Å². The number of unbranched alkanes of at least 4 members (excludes halogenated alkanes) is 47. The predicted molar refractivity (Wildman–Crippen MR) is 310 cm³/mol. The largest absolute Gasteiger partial charge is 0.466 e. The van der Waals surface area contributed by atoms with E-state index in [-0.39, 0.29) is 18.5 Å². The predicted octanol–water partition coefficient (Wildman–Crippen LogP) is 20.2. The zero-order valence-electron chi connectivity index (χ0n) is 48.0. The van der Waals surface area contributed by atoms with E-state index in [2.05, 4.69) is 31.3 Å². The van der Waals surface area contributed by atoms with Gasteiger partial charge in [0.2, 0.25) is 5.91 Å². The molecule has 0 radical (unpaired) electrons. The summed E-state index contributed by atoms with van der Waals surface area (Å²) >= 11 is 0. The van der Waals surface area contributed by atoms with E-state index in [1.165, 1.54) is 289 Å². The molecule has 1 amide bonds. The van der Waals surface area contributed by atoms with Crippen LogP contribution in [0.5, 0.6) is 0 Å². The number of carbonyl (C=O) groups excluding carboxylic acids is 2. The Balaban J connectivity index is 3.39. The maximum absolute atomic E-state index is 12.5. The molecule has 420 valence electrons. The molecule has 71 heavy (non-hydrogen) atoms. The van der Waals surface area contributed by atoms with E-state index in [4.69, 9.17) is 4.74 Å². The Bertz CT molecular complexity index is 1110. The summed E-state index contributed by atoms with van der Waals surface area (Å²) in [6, 6.07) is -0.627. The van der Waals surface area contributed by atoms with Gasteiger partial charge in [-0.2, -0.15) is 0 Å². The topological polar surface area (TPSA) is 95.9 Å². The lowest BCUT2D eigenvalue weighted by atomic mass is 10.0. The minimum Gasteiger partial charge on any atom is -0.466 e. The van der Waals surface area contributed by atoms with Crippen LogP contribution in [0.3, 0.4) is 0 Å². The molecule has 0 spiro atoms. The fourth-order valence-electron chi connectivity index (χ4n) is 10.0. The lowest BCUT2D eigenvalue weighted by Gasteiger charge is -2.20. The first-order valence-corrected chi connectivity index (χ1v) is 32.1. The molecule has 2 atom stereocenters. The van der Waals surface area contributed by atoms with Crippen LogP contribution in [0.15, 0.2) is 24.3 Å². The van der Waals surface area contributed by atoms with Crippen molar-refractivity contribution in [2.24, 2.45) is 0 Å². The molecule has 0 aromatic carbocycles. The molecule has 0 aliphatic rings. The molecule has 6 heteroatoms. The molecule has 0 rings (SSSR count). The van der Waals surface area contributed by atoms with Crippen molar-refractivity contribution in [3.8, 4) is 0 Å². The molecule has 0 saturated heterocycles. The van der Waals surface area contributed by atoms with Gasteiger partial charge in [-0.05, 0) is 57.8 Å². The summed E-state index contributed by atoms with van der Waals surface area (Å²) < 4.78 is 5.47. The molecule has 6 nitrogen and oxygen atoms in total. The van der Waals surface area contributed by atoms with Crippen molar-refractivity contribution in [3.63, 3.8) is 0 Å². The molecule has 0 aliphatic heterocycles. The van der Waals surface area contributed by atoms with E-state index in [9.17, 15) is 19.8 Å². The quantitative estimate of drug-likeness (QED) is 0.0320. The average molecular weight is 1000 g/mol. The molecule has 0 fully saturated rings. The SMILES string of the molecule is CCCCCCCCCCCCCCC/C=C/C(O)C(CO)NC(=O)CCCCCCCCCCCCCC/C=C\CCCCCCCCCCCCCCOC(=O)CCCCCCCCCCCCC. The summed E-state index contributed by atoms with van der Waals surface area (Å²) in [5.74, 6) is -0.0506. The van der Waals surface area contributed by atoms with E-state index in [0.717, 1.165) is 38.5 Å². The van der Waals surface area contributed by atoms with E-state index >= 15 is 0 Å². The maximum atomic E-state index is 12.5. The van der Waals surface area contributed by atoms with Crippen molar-refractivity contribution in [1.82, 2.24) is 5.32 Å². The highest BCUT2D eigenvalue weighted by molar-refractivity contribution is 5.76. The van der Waals surface area contributed by atoms with Crippen molar-refractivity contribution >= 4 is 11.9 Å². The first kappa shape index (κ1) is 69.3. The second-order valence-corrected chi connectivity index (χ2v) is 22.1. The molecule has 0 saturated carbocycles. The van der Waals surface area contributed by atoms with Gasteiger partial charge < -0.3 is 20.3 Å². The average Bonchev–Trinajstić information content (AvgIpc) is 3.37. The van der Waals surface area contributed by atoms with Crippen molar-refractivity contribution in [1.29, 1.82) is 0 Å². The Kier molecular flexibility index (Phi) is 59.5. The van der Waals surface area contributed by atoms with Gasteiger partial charge in [-0.1, -0.05) is 308 Å². The number of ether oxygens (including phenoxy) is 1. The van der Waals surface area contributed by atoms with Gasteiger partial charge in [0.05, 0.1) is 25.4 Å². The Morgan fingerprint density at radius 2 is 0.662 bits per heavy atom. The van der Waals surface area contributed by atoms with Gasteiger partial charge in [0.15, 0.2) is 0 Å². The molecule has 0 aromatic rings. The summed E-state index contributed by atoms with van der Waals surface area (Å²) in [7, 11) is 0. The molecule has 2 unspecified atom stereocenters. The molecule has 0 aliphatic carbocycles. The van der Waals surface area contributed by atoms with Gasteiger partial charge in [-0.3, -0.25) is 9.59 Å². The zero-order chi connectivity index (χ0) is 51.4. The molecule has 0 bridgehead atoms. The van der Waals surface area contributed by atoms with Gasteiger partial charge in [0, 0.05) is 12.8 Å². The molecule has 0 aromatic heterocycles. The van der Waals surface area contributed by atoms with Crippen LogP contribution in [-0.2, 0) is 14.3 Å². The van der Waals surface area contributed by atoms with Crippen LogP contribution in [0, 0.1) is 0 Å². The summed E-state index contributed by atoms with van der Waals surface area (Å²) in [6.45, 7) is 4.92. The van der Waals surface area contributed by atoms with Gasteiger partial charge in [-0.25, -0.2) is 0 Å². The third-order valence-electron chi connectivity index (χ3n) is 15.0. The molecular formula is C65H125NO5. The zero-order valence-corrected chi connectivity index (χ0v) is 48.0. The van der Waals surface area contributed by atoms with Crippen LogP contribution < -0.4 is 5.32 Å². The number of esters is 1. The normalized spacial score (nSPS) is 12.7. The van der Waals surface area contributed by atoms with Crippen LogP contribution in [0.2, 0.25) is 0 Å². The number of aliphatic hydroxyl groups is 2. The van der Waals surface area contributed by atoms with Gasteiger partial charge in [0.1, 0.15) is 0 Å². The summed E-state index contributed by atoms with van der Waals surface area (Å²) in [6.07, 6.45) is 75.2. The van der Waals surface area contributed by atoms with Crippen molar-refractivity contribution in [2.75, 3.05) is 13.2 Å². The fraction of sp³-hybridized carbons (Fsp3) is 0.908. The number of allylic oxidation sites excluding steroid dienone is 3. The molecular weight excluding hydrogens is 875 g/mol. The number of aliphatic hydroxyl groups excluding tert-OH is 2. The fourth-order valence-corrected chi connectivity index (χ4v) is 10.0. The number of carbonyl (C=O) groups is 2. The number of hydrogen-bond donors (Lipinski definition) is 3. The van der Waals surface area contributed by atoms with E-state index in [0.29, 0.717) is 19.4 Å². The Morgan fingerprint density at radius 1 is 0.380 bits per heavy atom. The van der Waals surface area contributed by atoms with E-state index in [1.807, 2.05) is 6.08 Å². The van der Waals surface area contributed by atoms with Gasteiger partial charge >= 0.3 is 5.97 Å². The summed E-state index contributed by atoms with van der Waals surface area (Å²) in [5.41, 5.74) is 0. The van der Waals surface area contributed by atoms with Crippen LogP contribution in [0.4, 0.5) is 0 Å². The second-order valence-electron chi connectivity index (χ2n) is 22.1. The Labute approximate surface area is 443 Å².